The summed E-state index contributed by atoms with van der Waals surface area (Å²) in [6.45, 7) is 4.80. The second-order valence-electron chi connectivity index (χ2n) is 4.30. The third-order valence-electron chi connectivity index (χ3n) is 2.87. The van der Waals surface area contributed by atoms with E-state index in [1.807, 2.05) is 6.92 Å². The van der Waals surface area contributed by atoms with E-state index in [0.717, 1.165) is 10.9 Å². The van der Waals surface area contributed by atoms with Crippen LogP contribution in [0, 0.1) is 6.92 Å². The fraction of sp³-hybridized carbons (Fsp3) is 0.385. The summed E-state index contributed by atoms with van der Waals surface area (Å²) in [6, 6.07) is 0. The number of rotatable bonds is 7. The van der Waals surface area contributed by atoms with E-state index >= 15 is 0 Å². The molecule has 2 aromatic rings. The van der Waals surface area contributed by atoms with Gasteiger partial charge in [-0.1, -0.05) is 0 Å². The molecule has 0 saturated heterocycles. The zero-order chi connectivity index (χ0) is 16.1. The van der Waals surface area contributed by atoms with Crippen molar-refractivity contribution in [3.8, 4) is 0 Å². The summed E-state index contributed by atoms with van der Waals surface area (Å²) in [6.07, 6.45) is 0.624. The van der Waals surface area contributed by atoms with Crippen LogP contribution < -0.4 is 10.6 Å². The Morgan fingerprint density at radius 1 is 1.41 bits per heavy atom. The molecule has 0 aliphatic rings. The maximum atomic E-state index is 12.0. The van der Waals surface area contributed by atoms with Crippen molar-refractivity contribution in [2.24, 2.45) is 0 Å². The average molecular weight is 343 g/mol. The van der Waals surface area contributed by atoms with Gasteiger partial charge >= 0.3 is 5.97 Å². The van der Waals surface area contributed by atoms with Gasteiger partial charge in [-0.3, -0.25) is 4.79 Å². The SMILES string of the molecule is CCOC(=O)c1sc2nc(Cl)nc(NCCNC=O)c2c1C. The van der Waals surface area contributed by atoms with Gasteiger partial charge in [-0.25, -0.2) is 14.8 Å². The number of hydrogen-bond donors (Lipinski definition) is 2. The quantitative estimate of drug-likeness (QED) is 0.346. The van der Waals surface area contributed by atoms with E-state index in [2.05, 4.69) is 20.6 Å². The van der Waals surface area contributed by atoms with Crippen molar-refractivity contribution < 1.29 is 14.3 Å². The van der Waals surface area contributed by atoms with Crippen molar-refractivity contribution in [2.75, 3.05) is 25.0 Å². The molecular weight excluding hydrogens is 328 g/mol. The fourth-order valence-electron chi connectivity index (χ4n) is 1.94. The number of carbonyl (C=O) groups excluding carboxylic acids is 2. The summed E-state index contributed by atoms with van der Waals surface area (Å²) in [7, 11) is 0. The van der Waals surface area contributed by atoms with E-state index < -0.39 is 0 Å². The Hall–Kier alpha value is -1.93. The molecule has 2 heterocycles. The summed E-state index contributed by atoms with van der Waals surface area (Å²) in [5.41, 5.74) is 0.751. The number of fused-ring (bicyclic) bond motifs is 1. The van der Waals surface area contributed by atoms with E-state index in [1.165, 1.54) is 11.3 Å². The van der Waals surface area contributed by atoms with Crippen LogP contribution in [0.4, 0.5) is 5.82 Å². The molecule has 9 heteroatoms. The van der Waals surface area contributed by atoms with Crippen LogP contribution >= 0.6 is 22.9 Å². The predicted octanol–water partition coefficient (Wildman–Crippen LogP) is 1.99. The van der Waals surface area contributed by atoms with Gasteiger partial charge in [0, 0.05) is 13.1 Å². The third kappa shape index (κ3) is 3.45. The van der Waals surface area contributed by atoms with Gasteiger partial charge in [0.15, 0.2) is 0 Å². The van der Waals surface area contributed by atoms with Gasteiger partial charge in [-0.2, -0.15) is 0 Å². The molecule has 0 aliphatic heterocycles. The van der Waals surface area contributed by atoms with Crippen molar-refractivity contribution in [3.05, 3.63) is 15.7 Å². The Morgan fingerprint density at radius 3 is 2.86 bits per heavy atom. The Morgan fingerprint density at radius 2 is 2.18 bits per heavy atom. The summed E-state index contributed by atoms with van der Waals surface area (Å²) in [4.78, 5) is 31.6. The Bertz CT molecular complexity index is 704. The van der Waals surface area contributed by atoms with Crippen molar-refractivity contribution >= 4 is 51.4 Å². The summed E-state index contributed by atoms with van der Waals surface area (Å²) in [5.74, 6) is 0.152. The van der Waals surface area contributed by atoms with Crippen LogP contribution in [0.1, 0.15) is 22.2 Å². The third-order valence-corrected chi connectivity index (χ3v) is 4.20. The maximum absolute atomic E-state index is 12.0. The number of anilines is 1. The molecule has 0 aromatic carbocycles. The van der Waals surface area contributed by atoms with Crippen molar-refractivity contribution in [3.63, 3.8) is 0 Å². The van der Waals surface area contributed by atoms with E-state index in [0.29, 0.717) is 41.6 Å². The number of carbonyl (C=O) groups is 2. The molecule has 0 radical (unpaired) electrons. The van der Waals surface area contributed by atoms with Gasteiger partial charge < -0.3 is 15.4 Å². The minimum absolute atomic E-state index is 0.0926. The molecule has 0 saturated carbocycles. The first-order chi connectivity index (χ1) is 10.6. The molecule has 0 bridgehead atoms. The summed E-state index contributed by atoms with van der Waals surface area (Å²) < 4.78 is 5.04. The van der Waals surface area contributed by atoms with Crippen LogP contribution in [0.15, 0.2) is 0 Å². The lowest BCUT2D eigenvalue weighted by Crippen LogP contribution is -2.21. The molecule has 0 spiro atoms. The number of thiophene rings is 1. The molecule has 2 N–H and O–H groups in total. The second kappa shape index (κ2) is 7.37. The fourth-order valence-corrected chi connectivity index (χ4v) is 3.24. The number of aromatic nitrogens is 2. The zero-order valence-corrected chi connectivity index (χ0v) is 13.7. The number of nitrogens with one attached hydrogen (secondary N) is 2. The predicted molar refractivity (Wildman–Crippen MR) is 85.7 cm³/mol. The monoisotopic (exact) mass is 342 g/mol. The first-order valence-electron chi connectivity index (χ1n) is 6.63. The van der Waals surface area contributed by atoms with E-state index in [1.54, 1.807) is 6.92 Å². The number of amides is 1. The minimum Gasteiger partial charge on any atom is -0.462 e. The van der Waals surface area contributed by atoms with Gasteiger partial charge in [0.25, 0.3) is 0 Å². The number of nitrogens with zero attached hydrogens (tertiary/aromatic N) is 2. The van der Waals surface area contributed by atoms with Crippen LogP contribution in [-0.2, 0) is 9.53 Å². The highest BCUT2D eigenvalue weighted by molar-refractivity contribution is 7.20. The number of aryl methyl sites for hydroxylation is 1. The van der Waals surface area contributed by atoms with Crippen molar-refractivity contribution in [2.45, 2.75) is 13.8 Å². The molecule has 118 valence electrons. The lowest BCUT2D eigenvalue weighted by atomic mass is 10.2. The highest BCUT2D eigenvalue weighted by Gasteiger charge is 2.21. The Kier molecular flexibility index (Phi) is 5.51. The molecule has 0 atom stereocenters. The Labute approximate surface area is 136 Å². The highest BCUT2D eigenvalue weighted by atomic mass is 35.5. The lowest BCUT2D eigenvalue weighted by molar-refractivity contribution is -0.109. The standard InChI is InChI=1S/C13H15ClN4O3S/c1-3-21-12(20)9-7(2)8-10(16-5-4-15-6-19)17-13(14)18-11(8)22-9/h6H,3-5H2,1-2H3,(H,15,19)(H,16,17,18). The van der Waals surface area contributed by atoms with Gasteiger partial charge in [0.2, 0.25) is 11.7 Å². The van der Waals surface area contributed by atoms with Crippen LogP contribution in [0.5, 0.6) is 0 Å². The minimum atomic E-state index is -0.382. The number of esters is 1. The number of halogens is 1. The van der Waals surface area contributed by atoms with Crippen molar-refractivity contribution in [1.29, 1.82) is 0 Å². The summed E-state index contributed by atoms with van der Waals surface area (Å²) >= 11 is 7.14. The largest absolute Gasteiger partial charge is 0.462 e. The maximum Gasteiger partial charge on any atom is 0.348 e. The topological polar surface area (TPSA) is 93.2 Å². The molecule has 0 aliphatic carbocycles. The van der Waals surface area contributed by atoms with Gasteiger partial charge in [0.05, 0.1) is 12.0 Å². The normalized spacial score (nSPS) is 10.5. The second-order valence-corrected chi connectivity index (χ2v) is 5.63. The van der Waals surface area contributed by atoms with E-state index in [-0.39, 0.29) is 11.3 Å². The van der Waals surface area contributed by atoms with Gasteiger partial charge in [0.1, 0.15) is 15.5 Å². The Balaban J connectivity index is 2.38. The van der Waals surface area contributed by atoms with Crippen LogP contribution in [0.2, 0.25) is 5.28 Å². The molecule has 22 heavy (non-hydrogen) atoms. The average Bonchev–Trinajstić information content (AvgIpc) is 2.80. The first kappa shape index (κ1) is 16.4. The smallest absolute Gasteiger partial charge is 0.348 e. The van der Waals surface area contributed by atoms with Crippen LogP contribution in [0.3, 0.4) is 0 Å². The van der Waals surface area contributed by atoms with Crippen LogP contribution in [0.25, 0.3) is 10.2 Å². The highest BCUT2D eigenvalue weighted by Crippen LogP contribution is 2.34. The molecule has 2 rings (SSSR count). The molecular formula is C13H15ClN4O3S. The number of ether oxygens (including phenoxy) is 1. The molecule has 7 nitrogen and oxygen atoms in total. The number of hydrogen-bond acceptors (Lipinski definition) is 7. The zero-order valence-electron chi connectivity index (χ0n) is 12.1. The van der Waals surface area contributed by atoms with Crippen molar-refractivity contribution in [1.82, 2.24) is 15.3 Å². The van der Waals surface area contributed by atoms with E-state index in [9.17, 15) is 9.59 Å². The lowest BCUT2D eigenvalue weighted by Gasteiger charge is -2.07. The molecule has 0 fully saturated rings. The van der Waals surface area contributed by atoms with E-state index in [4.69, 9.17) is 16.3 Å². The summed E-state index contributed by atoms with van der Waals surface area (Å²) in [5, 5.41) is 6.46. The first-order valence-corrected chi connectivity index (χ1v) is 7.82. The van der Waals surface area contributed by atoms with Gasteiger partial charge in [-0.15, -0.1) is 11.3 Å². The molecule has 0 unspecified atom stereocenters. The van der Waals surface area contributed by atoms with Gasteiger partial charge in [-0.05, 0) is 31.0 Å². The van der Waals surface area contributed by atoms with Crippen LogP contribution in [-0.4, -0.2) is 42.0 Å². The molecule has 1 amide bonds. The molecule has 2 aromatic heterocycles.